The van der Waals surface area contributed by atoms with E-state index in [9.17, 15) is 14.0 Å². The first-order valence-electron chi connectivity index (χ1n) is 7.95. The predicted octanol–water partition coefficient (Wildman–Crippen LogP) is 3.03. The first kappa shape index (κ1) is 16.2. The number of carbonyl (C=O) groups excluding carboxylic acids is 2. The number of amides is 2. The highest BCUT2D eigenvalue weighted by Gasteiger charge is 2.18. The van der Waals surface area contributed by atoms with Gasteiger partial charge in [-0.2, -0.15) is 0 Å². The smallest absolute Gasteiger partial charge is 0.253 e. The van der Waals surface area contributed by atoms with Gasteiger partial charge in [-0.1, -0.05) is 12.1 Å². The fourth-order valence-corrected chi connectivity index (χ4v) is 2.79. The summed E-state index contributed by atoms with van der Waals surface area (Å²) in [4.78, 5) is 25.6. The molecule has 3 rings (SSSR count). The number of hydrogen-bond donors (Lipinski definition) is 1. The standard InChI is InChI=1S/C19H19FN2O2/c1-22(11-10-13-2-6-16(20)7-3-13)19(24)15-4-8-17-14(12-15)5-9-18(23)21-17/h2-4,6-8,12H,5,9-11H2,1H3,(H,21,23). The molecule has 2 aromatic rings. The lowest BCUT2D eigenvalue weighted by atomic mass is 10.00. The summed E-state index contributed by atoms with van der Waals surface area (Å²) in [6, 6.07) is 11.7. The molecule has 4 nitrogen and oxygen atoms in total. The van der Waals surface area contributed by atoms with Crippen molar-refractivity contribution in [1.82, 2.24) is 4.90 Å². The zero-order valence-corrected chi connectivity index (χ0v) is 13.5. The molecule has 1 aliphatic heterocycles. The number of rotatable bonds is 4. The Morgan fingerprint density at radius 2 is 1.92 bits per heavy atom. The zero-order chi connectivity index (χ0) is 17.1. The summed E-state index contributed by atoms with van der Waals surface area (Å²) in [5.74, 6) is -0.306. The van der Waals surface area contributed by atoms with Gasteiger partial charge in [-0.05, 0) is 54.3 Å². The molecule has 0 spiro atoms. The Kier molecular flexibility index (Phi) is 4.60. The molecule has 5 heteroatoms. The van der Waals surface area contributed by atoms with Gasteiger partial charge in [-0.3, -0.25) is 9.59 Å². The number of halogens is 1. The van der Waals surface area contributed by atoms with Gasteiger partial charge < -0.3 is 10.2 Å². The summed E-state index contributed by atoms with van der Waals surface area (Å²) in [5.41, 5.74) is 3.39. The van der Waals surface area contributed by atoms with E-state index in [4.69, 9.17) is 0 Å². The van der Waals surface area contributed by atoms with Crippen molar-refractivity contribution >= 4 is 17.5 Å². The topological polar surface area (TPSA) is 49.4 Å². The van der Waals surface area contributed by atoms with Crippen LogP contribution >= 0.6 is 0 Å². The van der Waals surface area contributed by atoms with E-state index in [1.165, 1.54) is 12.1 Å². The summed E-state index contributed by atoms with van der Waals surface area (Å²) in [5, 5.41) is 2.81. The van der Waals surface area contributed by atoms with Gasteiger partial charge in [0.25, 0.3) is 5.91 Å². The molecule has 124 valence electrons. The molecule has 0 saturated carbocycles. The fraction of sp³-hybridized carbons (Fsp3) is 0.263. The monoisotopic (exact) mass is 326 g/mol. The van der Waals surface area contributed by atoms with Gasteiger partial charge in [0, 0.05) is 31.3 Å². The number of aryl methyl sites for hydroxylation is 1. The van der Waals surface area contributed by atoms with E-state index in [0.717, 1.165) is 16.8 Å². The Morgan fingerprint density at radius 1 is 1.17 bits per heavy atom. The second-order valence-electron chi connectivity index (χ2n) is 6.02. The SMILES string of the molecule is CN(CCc1ccc(F)cc1)C(=O)c1ccc2c(c1)CCC(=O)N2. The number of benzene rings is 2. The second kappa shape index (κ2) is 6.83. The summed E-state index contributed by atoms with van der Waals surface area (Å²) < 4.78 is 12.9. The molecule has 24 heavy (non-hydrogen) atoms. The van der Waals surface area contributed by atoms with Crippen LogP contribution in [0.1, 0.15) is 27.9 Å². The average Bonchev–Trinajstić information content (AvgIpc) is 2.60. The van der Waals surface area contributed by atoms with E-state index in [1.54, 1.807) is 36.2 Å². The van der Waals surface area contributed by atoms with Crippen molar-refractivity contribution in [3.8, 4) is 0 Å². The maximum atomic E-state index is 12.9. The normalized spacial score (nSPS) is 13.2. The third-order valence-electron chi connectivity index (χ3n) is 4.24. The number of hydrogen-bond acceptors (Lipinski definition) is 2. The Morgan fingerprint density at radius 3 is 2.67 bits per heavy atom. The molecule has 2 aromatic carbocycles. The molecule has 1 N–H and O–H groups in total. The van der Waals surface area contributed by atoms with Crippen LogP contribution in [0.15, 0.2) is 42.5 Å². The van der Waals surface area contributed by atoms with Crippen LogP contribution in [0.5, 0.6) is 0 Å². The number of anilines is 1. The summed E-state index contributed by atoms with van der Waals surface area (Å²) >= 11 is 0. The van der Waals surface area contributed by atoms with Gasteiger partial charge in [0.15, 0.2) is 0 Å². The molecule has 0 aliphatic carbocycles. The number of nitrogens with one attached hydrogen (secondary N) is 1. The summed E-state index contributed by atoms with van der Waals surface area (Å²) in [6.45, 7) is 0.554. The molecular formula is C19H19FN2O2. The first-order chi connectivity index (χ1) is 11.5. The molecule has 0 radical (unpaired) electrons. The quantitative estimate of drug-likeness (QED) is 0.939. The van der Waals surface area contributed by atoms with Crippen molar-refractivity contribution in [2.75, 3.05) is 18.9 Å². The molecule has 2 amide bonds. The first-order valence-corrected chi connectivity index (χ1v) is 7.95. The van der Waals surface area contributed by atoms with Crippen molar-refractivity contribution in [3.05, 3.63) is 65.0 Å². The van der Waals surface area contributed by atoms with E-state index in [0.29, 0.717) is 31.4 Å². The van der Waals surface area contributed by atoms with Crippen molar-refractivity contribution in [3.63, 3.8) is 0 Å². The van der Waals surface area contributed by atoms with Crippen LogP contribution < -0.4 is 5.32 Å². The van der Waals surface area contributed by atoms with E-state index in [1.807, 2.05) is 6.07 Å². The maximum absolute atomic E-state index is 12.9. The molecule has 0 fully saturated rings. The number of nitrogens with zero attached hydrogens (tertiary/aromatic N) is 1. The molecular weight excluding hydrogens is 307 g/mol. The van der Waals surface area contributed by atoms with E-state index < -0.39 is 0 Å². The van der Waals surface area contributed by atoms with Crippen LogP contribution in [-0.2, 0) is 17.6 Å². The van der Waals surface area contributed by atoms with Gasteiger partial charge in [-0.25, -0.2) is 4.39 Å². The van der Waals surface area contributed by atoms with E-state index in [2.05, 4.69) is 5.32 Å². The number of fused-ring (bicyclic) bond motifs is 1. The van der Waals surface area contributed by atoms with Crippen LogP contribution in [0.3, 0.4) is 0 Å². The van der Waals surface area contributed by atoms with Crippen molar-refractivity contribution in [2.45, 2.75) is 19.3 Å². The molecule has 0 aromatic heterocycles. The van der Waals surface area contributed by atoms with Gasteiger partial charge in [0.2, 0.25) is 5.91 Å². The van der Waals surface area contributed by atoms with Gasteiger partial charge in [-0.15, -0.1) is 0 Å². The lowest BCUT2D eigenvalue weighted by Gasteiger charge is -2.20. The zero-order valence-electron chi connectivity index (χ0n) is 13.5. The molecule has 0 atom stereocenters. The Hall–Kier alpha value is -2.69. The van der Waals surface area contributed by atoms with Crippen LogP contribution in [0.2, 0.25) is 0 Å². The number of likely N-dealkylation sites (N-methyl/N-ethyl adjacent to an activating group) is 1. The highest BCUT2D eigenvalue weighted by Crippen LogP contribution is 2.24. The van der Waals surface area contributed by atoms with Crippen molar-refractivity contribution in [1.29, 1.82) is 0 Å². The Balaban J connectivity index is 1.65. The van der Waals surface area contributed by atoms with E-state index >= 15 is 0 Å². The lowest BCUT2D eigenvalue weighted by Crippen LogP contribution is -2.29. The summed E-state index contributed by atoms with van der Waals surface area (Å²) in [6.07, 6.45) is 1.77. The average molecular weight is 326 g/mol. The van der Waals surface area contributed by atoms with Crippen molar-refractivity contribution < 1.29 is 14.0 Å². The van der Waals surface area contributed by atoms with E-state index in [-0.39, 0.29) is 17.6 Å². The minimum atomic E-state index is -0.260. The van der Waals surface area contributed by atoms with Crippen LogP contribution in [0, 0.1) is 5.82 Å². The highest BCUT2D eigenvalue weighted by molar-refractivity contribution is 5.97. The van der Waals surface area contributed by atoms with Crippen LogP contribution in [0.4, 0.5) is 10.1 Å². The predicted molar refractivity (Wildman–Crippen MR) is 90.5 cm³/mol. The van der Waals surface area contributed by atoms with Crippen molar-refractivity contribution in [2.24, 2.45) is 0 Å². The Bertz CT molecular complexity index is 771. The second-order valence-corrected chi connectivity index (χ2v) is 6.02. The van der Waals surface area contributed by atoms with Gasteiger partial charge >= 0.3 is 0 Å². The fourth-order valence-electron chi connectivity index (χ4n) is 2.79. The molecule has 1 aliphatic rings. The third-order valence-corrected chi connectivity index (χ3v) is 4.24. The van der Waals surface area contributed by atoms with Crippen LogP contribution in [-0.4, -0.2) is 30.3 Å². The maximum Gasteiger partial charge on any atom is 0.253 e. The molecule has 1 heterocycles. The highest BCUT2D eigenvalue weighted by atomic mass is 19.1. The molecule has 0 saturated heterocycles. The lowest BCUT2D eigenvalue weighted by molar-refractivity contribution is -0.116. The Labute approximate surface area is 140 Å². The summed E-state index contributed by atoms with van der Waals surface area (Å²) in [7, 11) is 1.76. The minimum Gasteiger partial charge on any atom is -0.341 e. The van der Waals surface area contributed by atoms with Crippen LogP contribution in [0.25, 0.3) is 0 Å². The molecule has 0 bridgehead atoms. The molecule has 0 unspecified atom stereocenters. The van der Waals surface area contributed by atoms with Gasteiger partial charge in [0.1, 0.15) is 5.82 Å². The largest absolute Gasteiger partial charge is 0.341 e. The minimum absolute atomic E-state index is 0.0120. The van der Waals surface area contributed by atoms with Gasteiger partial charge in [0.05, 0.1) is 0 Å². The number of carbonyl (C=O) groups is 2. The third kappa shape index (κ3) is 3.62.